The van der Waals surface area contributed by atoms with Gasteiger partial charge in [0.25, 0.3) is 5.91 Å². The van der Waals surface area contributed by atoms with E-state index < -0.39 is 11.9 Å². The van der Waals surface area contributed by atoms with Gasteiger partial charge in [-0.1, -0.05) is 55.3 Å². The second kappa shape index (κ2) is 11.1. The average molecular weight is 481 g/mol. The van der Waals surface area contributed by atoms with Crippen LogP contribution in [0.25, 0.3) is 10.4 Å². The number of aliphatic imine (C=N–C) groups is 1. The second-order valence-electron chi connectivity index (χ2n) is 7.53. The van der Waals surface area contributed by atoms with E-state index in [1.165, 1.54) is 11.3 Å². The Hall–Kier alpha value is -3.22. The zero-order valence-electron chi connectivity index (χ0n) is 18.7. The Morgan fingerprint density at radius 2 is 1.88 bits per heavy atom. The number of hydrogen-bond acceptors (Lipinski definition) is 4. The molecule has 0 spiro atoms. The van der Waals surface area contributed by atoms with Gasteiger partial charge in [-0.3, -0.25) is 4.79 Å². The number of carbonyl (C=O) groups is 2. The van der Waals surface area contributed by atoms with Crippen LogP contribution in [0.2, 0.25) is 5.02 Å². The average Bonchev–Trinajstić information content (AvgIpc) is 3.20. The Balaban J connectivity index is 1.98. The number of aryl methyl sites for hydroxylation is 1. The first-order valence-electron chi connectivity index (χ1n) is 10.5. The third-order valence-electron chi connectivity index (χ3n) is 5.14. The van der Waals surface area contributed by atoms with E-state index in [1.807, 2.05) is 38.1 Å². The third-order valence-corrected chi connectivity index (χ3v) is 6.42. The van der Waals surface area contributed by atoms with Crippen molar-refractivity contribution in [3.8, 4) is 10.4 Å². The highest BCUT2D eigenvalue weighted by Gasteiger charge is 2.22. The molecule has 0 aliphatic rings. The summed E-state index contributed by atoms with van der Waals surface area (Å²) in [6.45, 7) is 6.00. The maximum atomic E-state index is 13.2. The minimum absolute atomic E-state index is 0.0410. The van der Waals surface area contributed by atoms with Gasteiger partial charge in [-0.2, -0.15) is 0 Å². The summed E-state index contributed by atoms with van der Waals surface area (Å²) >= 11 is 7.21. The predicted octanol–water partition coefficient (Wildman–Crippen LogP) is 7.45. The summed E-state index contributed by atoms with van der Waals surface area (Å²) in [5.41, 5.74) is 3.97. The van der Waals surface area contributed by atoms with Crippen LogP contribution in [0.1, 0.15) is 41.3 Å². The molecular formula is C26H25ClN2O3S. The summed E-state index contributed by atoms with van der Waals surface area (Å²) in [7, 11) is 0. The standard InChI is InChI=1S/C26H25ClN2O3S/c1-4-5-6-9-21(28-20-10-7-8-16(2)17(20)3)25(30)29-22-15-33-24(23(22)26(31)32)18-11-13-19(27)14-12-18/h6-15H,4-5H2,1-3H3,(H,29,30)(H,31,32). The maximum Gasteiger partial charge on any atom is 0.339 e. The number of carboxylic acids is 1. The molecule has 0 radical (unpaired) electrons. The Morgan fingerprint density at radius 3 is 2.55 bits per heavy atom. The SMILES string of the molecule is CCCC=CC(=Nc1cccc(C)c1C)C(=O)Nc1csc(-c2ccc(Cl)cc2)c1C(=O)O. The zero-order valence-corrected chi connectivity index (χ0v) is 20.3. The van der Waals surface area contributed by atoms with Crippen LogP contribution in [-0.2, 0) is 4.79 Å². The number of unbranched alkanes of at least 4 members (excludes halogenated alkanes) is 1. The largest absolute Gasteiger partial charge is 0.478 e. The van der Waals surface area contributed by atoms with Gasteiger partial charge in [-0.15, -0.1) is 11.3 Å². The highest BCUT2D eigenvalue weighted by atomic mass is 35.5. The van der Waals surface area contributed by atoms with Crippen molar-refractivity contribution in [2.75, 3.05) is 5.32 Å². The summed E-state index contributed by atoms with van der Waals surface area (Å²) in [6.07, 6.45) is 5.33. The summed E-state index contributed by atoms with van der Waals surface area (Å²) in [4.78, 5) is 30.4. The zero-order chi connectivity index (χ0) is 24.0. The molecule has 1 amide bonds. The summed E-state index contributed by atoms with van der Waals surface area (Å²) < 4.78 is 0. The third kappa shape index (κ3) is 5.97. The van der Waals surface area contributed by atoms with E-state index >= 15 is 0 Å². The van der Waals surface area contributed by atoms with Gasteiger partial charge in [0.1, 0.15) is 11.3 Å². The van der Waals surface area contributed by atoms with Gasteiger partial charge < -0.3 is 10.4 Å². The molecule has 3 rings (SSSR count). The predicted molar refractivity (Wildman–Crippen MR) is 137 cm³/mol. The van der Waals surface area contributed by atoms with Gasteiger partial charge >= 0.3 is 5.97 Å². The fourth-order valence-corrected chi connectivity index (χ4v) is 4.30. The van der Waals surface area contributed by atoms with Crippen LogP contribution >= 0.6 is 22.9 Å². The molecule has 0 atom stereocenters. The lowest BCUT2D eigenvalue weighted by molar-refractivity contribution is -0.110. The number of rotatable bonds is 8. The molecule has 0 saturated carbocycles. The van der Waals surface area contributed by atoms with Gasteiger partial charge in [-0.25, -0.2) is 9.79 Å². The highest BCUT2D eigenvalue weighted by Crippen LogP contribution is 2.36. The Labute approximate surface area is 202 Å². The van der Waals surface area contributed by atoms with Crippen LogP contribution in [0.5, 0.6) is 0 Å². The molecule has 1 heterocycles. The smallest absolute Gasteiger partial charge is 0.339 e. The minimum Gasteiger partial charge on any atom is -0.478 e. The van der Waals surface area contributed by atoms with E-state index in [4.69, 9.17) is 11.6 Å². The molecule has 0 aliphatic heterocycles. The molecule has 2 aromatic carbocycles. The molecule has 3 aromatic rings. The van der Waals surface area contributed by atoms with Crippen LogP contribution in [0.3, 0.4) is 0 Å². The second-order valence-corrected chi connectivity index (χ2v) is 8.84. The van der Waals surface area contributed by atoms with Crippen molar-refractivity contribution < 1.29 is 14.7 Å². The monoisotopic (exact) mass is 480 g/mol. The summed E-state index contributed by atoms with van der Waals surface area (Å²) in [6, 6.07) is 12.7. The van der Waals surface area contributed by atoms with E-state index in [0.717, 1.165) is 29.5 Å². The molecule has 170 valence electrons. The van der Waals surface area contributed by atoms with Crippen LogP contribution in [0.4, 0.5) is 11.4 Å². The number of allylic oxidation sites excluding steroid dienone is 1. The van der Waals surface area contributed by atoms with Crippen molar-refractivity contribution >= 4 is 51.9 Å². The van der Waals surface area contributed by atoms with Gasteiger partial charge in [0.2, 0.25) is 0 Å². The van der Waals surface area contributed by atoms with Crippen LogP contribution in [0.15, 0.2) is 65.0 Å². The van der Waals surface area contributed by atoms with E-state index in [0.29, 0.717) is 15.6 Å². The molecule has 1 aromatic heterocycles. The van der Waals surface area contributed by atoms with Crippen molar-refractivity contribution in [3.05, 3.63) is 81.7 Å². The van der Waals surface area contributed by atoms with E-state index in [2.05, 4.69) is 17.2 Å². The normalized spacial score (nSPS) is 11.7. The van der Waals surface area contributed by atoms with Gasteiger partial charge in [-0.05, 0) is 61.2 Å². The van der Waals surface area contributed by atoms with Crippen LogP contribution in [0, 0.1) is 13.8 Å². The maximum absolute atomic E-state index is 13.2. The fourth-order valence-electron chi connectivity index (χ4n) is 3.17. The molecule has 5 nitrogen and oxygen atoms in total. The molecule has 0 aliphatic carbocycles. The number of carboxylic acid groups (broad SMARTS) is 1. The molecule has 0 unspecified atom stereocenters. The quantitative estimate of drug-likeness (QED) is 0.328. The summed E-state index contributed by atoms with van der Waals surface area (Å²) in [5.74, 6) is -1.59. The van der Waals surface area contributed by atoms with Crippen molar-refractivity contribution in [3.63, 3.8) is 0 Å². The molecule has 0 bridgehead atoms. The lowest BCUT2D eigenvalue weighted by Crippen LogP contribution is -2.22. The van der Waals surface area contributed by atoms with E-state index in [-0.39, 0.29) is 17.0 Å². The number of anilines is 1. The number of amides is 1. The van der Waals surface area contributed by atoms with Crippen LogP contribution in [-0.4, -0.2) is 22.7 Å². The van der Waals surface area contributed by atoms with Crippen molar-refractivity contribution in [2.24, 2.45) is 4.99 Å². The number of hydrogen-bond donors (Lipinski definition) is 2. The van der Waals surface area contributed by atoms with Gasteiger partial charge in [0.15, 0.2) is 0 Å². The molecular weight excluding hydrogens is 456 g/mol. The van der Waals surface area contributed by atoms with Gasteiger partial charge in [0.05, 0.1) is 16.3 Å². The molecule has 7 heteroatoms. The number of nitrogens with one attached hydrogen (secondary N) is 1. The van der Waals surface area contributed by atoms with Crippen molar-refractivity contribution in [1.29, 1.82) is 0 Å². The number of carbonyl (C=O) groups excluding carboxylic acids is 1. The minimum atomic E-state index is -1.12. The number of aromatic carboxylic acids is 1. The fraction of sp³-hybridized carbons (Fsp3) is 0.192. The Bertz CT molecular complexity index is 1230. The van der Waals surface area contributed by atoms with Crippen LogP contribution < -0.4 is 5.32 Å². The number of halogens is 1. The van der Waals surface area contributed by atoms with Crippen molar-refractivity contribution in [2.45, 2.75) is 33.6 Å². The van der Waals surface area contributed by atoms with E-state index in [9.17, 15) is 14.7 Å². The lowest BCUT2D eigenvalue weighted by Gasteiger charge is -2.09. The Morgan fingerprint density at radius 1 is 1.15 bits per heavy atom. The molecule has 0 fully saturated rings. The first-order chi connectivity index (χ1) is 15.8. The number of benzene rings is 2. The lowest BCUT2D eigenvalue weighted by atomic mass is 10.1. The first kappa shape index (κ1) is 24.4. The topological polar surface area (TPSA) is 78.8 Å². The first-order valence-corrected chi connectivity index (χ1v) is 11.8. The molecule has 2 N–H and O–H groups in total. The Kier molecular flexibility index (Phi) is 8.20. The van der Waals surface area contributed by atoms with E-state index in [1.54, 1.807) is 35.7 Å². The highest BCUT2D eigenvalue weighted by molar-refractivity contribution is 7.14. The van der Waals surface area contributed by atoms with Gasteiger partial charge in [0, 0.05) is 10.4 Å². The molecule has 0 saturated heterocycles. The van der Waals surface area contributed by atoms with Crippen molar-refractivity contribution in [1.82, 2.24) is 0 Å². The number of nitrogens with zero attached hydrogens (tertiary/aromatic N) is 1. The number of thiophene rings is 1. The molecule has 33 heavy (non-hydrogen) atoms. The summed E-state index contributed by atoms with van der Waals surface area (Å²) in [5, 5.41) is 14.8.